The largest absolute Gasteiger partial charge is 0.458 e. The van der Waals surface area contributed by atoms with Gasteiger partial charge >= 0.3 is 12.1 Å². The van der Waals surface area contributed by atoms with E-state index in [4.69, 9.17) is 0 Å². The van der Waals surface area contributed by atoms with Crippen molar-refractivity contribution in [2.45, 2.75) is 18.5 Å². The molecule has 0 aromatic heterocycles. The molecule has 1 radical (unpaired) electrons. The number of halogens is 5. The maximum atomic E-state index is 13.0. The van der Waals surface area contributed by atoms with E-state index in [0.717, 1.165) is 6.07 Å². The number of rotatable bonds is 3. The van der Waals surface area contributed by atoms with Crippen molar-refractivity contribution < 1.29 is 26.7 Å². The summed E-state index contributed by atoms with van der Waals surface area (Å²) in [7, 11) is 0. The van der Waals surface area contributed by atoms with Crippen LogP contribution in [0.25, 0.3) is 0 Å². The first-order valence-electron chi connectivity index (χ1n) is 4.82. The van der Waals surface area contributed by atoms with Gasteiger partial charge in [0.25, 0.3) is 0 Å². The van der Waals surface area contributed by atoms with Gasteiger partial charge in [0, 0.05) is 17.7 Å². The SMILES string of the molecule is [CH2]CC(=O)Nc1cccc(C(F)(F)C(F)(F)F)c1. The summed E-state index contributed by atoms with van der Waals surface area (Å²) in [5, 5.41) is 2.15. The molecule has 18 heavy (non-hydrogen) atoms. The summed E-state index contributed by atoms with van der Waals surface area (Å²) >= 11 is 0. The Morgan fingerprint density at radius 1 is 1.22 bits per heavy atom. The van der Waals surface area contributed by atoms with E-state index in [1.54, 1.807) is 0 Å². The standard InChI is InChI=1S/C11H9F5NO/c1-2-9(18)17-8-5-3-4-7(6-8)10(12,13)11(14,15)16/h3-6H,1-2H2,(H,17,18). The molecule has 1 rings (SSSR count). The Hall–Kier alpha value is -1.66. The number of anilines is 1. The molecule has 1 amide bonds. The highest BCUT2D eigenvalue weighted by atomic mass is 19.4. The highest BCUT2D eigenvalue weighted by molar-refractivity contribution is 5.91. The number of hydrogen-bond donors (Lipinski definition) is 1. The zero-order valence-electron chi connectivity index (χ0n) is 9.02. The van der Waals surface area contributed by atoms with Crippen molar-refractivity contribution in [1.29, 1.82) is 0 Å². The fourth-order valence-electron chi connectivity index (χ4n) is 1.18. The van der Waals surface area contributed by atoms with Crippen molar-refractivity contribution in [3.05, 3.63) is 36.8 Å². The van der Waals surface area contributed by atoms with Gasteiger partial charge in [-0.1, -0.05) is 12.1 Å². The van der Waals surface area contributed by atoms with Crippen molar-refractivity contribution in [3.8, 4) is 0 Å². The molecule has 1 aromatic rings. The maximum absolute atomic E-state index is 13.0. The van der Waals surface area contributed by atoms with E-state index in [9.17, 15) is 26.7 Å². The number of hydrogen-bond acceptors (Lipinski definition) is 1. The maximum Gasteiger partial charge on any atom is 0.458 e. The number of nitrogens with one attached hydrogen (secondary N) is 1. The molecule has 0 spiro atoms. The third-order valence-corrected chi connectivity index (χ3v) is 2.09. The summed E-state index contributed by atoms with van der Waals surface area (Å²) in [6.45, 7) is 3.25. The second kappa shape index (κ2) is 4.91. The molecule has 0 aliphatic heterocycles. The molecular weight excluding hydrogens is 257 g/mol. The minimum absolute atomic E-state index is 0.134. The Bertz CT molecular complexity index is 441. The predicted molar refractivity (Wildman–Crippen MR) is 55.0 cm³/mol. The molecule has 0 atom stereocenters. The molecular formula is C11H9F5NO. The number of benzene rings is 1. The molecule has 0 fully saturated rings. The number of amides is 1. The van der Waals surface area contributed by atoms with E-state index >= 15 is 0 Å². The quantitative estimate of drug-likeness (QED) is 0.833. The van der Waals surface area contributed by atoms with Crippen molar-refractivity contribution in [2.75, 3.05) is 5.32 Å². The van der Waals surface area contributed by atoms with Gasteiger partial charge in [-0.25, -0.2) is 0 Å². The first kappa shape index (κ1) is 14.4. The number of alkyl halides is 5. The minimum atomic E-state index is -5.68. The van der Waals surface area contributed by atoms with Crippen molar-refractivity contribution in [1.82, 2.24) is 0 Å². The molecule has 0 aliphatic carbocycles. The van der Waals surface area contributed by atoms with Crippen LogP contribution >= 0.6 is 0 Å². The fraction of sp³-hybridized carbons (Fsp3) is 0.273. The molecule has 7 heteroatoms. The van der Waals surface area contributed by atoms with Gasteiger partial charge in [-0.05, 0) is 19.1 Å². The van der Waals surface area contributed by atoms with E-state index in [-0.39, 0.29) is 12.1 Å². The lowest BCUT2D eigenvalue weighted by molar-refractivity contribution is -0.289. The number of carbonyl (C=O) groups is 1. The second-order valence-electron chi connectivity index (χ2n) is 3.45. The van der Waals surface area contributed by atoms with Crippen molar-refractivity contribution in [3.63, 3.8) is 0 Å². The highest BCUT2D eigenvalue weighted by Gasteiger charge is 2.58. The first-order valence-corrected chi connectivity index (χ1v) is 4.82. The monoisotopic (exact) mass is 266 g/mol. The van der Waals surface area contributed by atoms with Crippen LogP contribution in [0.4, 0.5) is 27.6 Å². The number of carbonyl (C=O) groups excluding carboxylic acids is 1. The summed E-state index contributed by atoms with van der Waals surface area (Å²) in [6, 6.07) is 3.45. The third-order valence-electron chi connectivity index (χ3n) is 2.09. The van der Waals surface area contributed by atoms with Gasteiger partial charge in [0.1, 0.15) is 0 Å². The molecule has 0 saturated carbocycles. The van der Waals surface area contributed by atoms with Crippen LogP contribution in [0.5, 0.6) is 0 Å². The first-order chi connectivity index (χ1) is 8.18. The van der Waals surface area contributed by atoms with Crippen LogP contribution in [0, 0.1) is 6.92 Å². The molecule has 0 aliphatic rings. The Morgan fingerprint density at radius 3 is 2.33 bits per heavy atom. The predicted octanol–water partition coefficient (Wildman–Crippen LogP) is 3.50. The summed E-state index contributed by atoms with van der Waals surface area (Å²) in [5.74, 6) is -5.54. The minimum Gasteiger partial charge on any atom is -0.326 e. The van der Waals surface area contributed by atoms with E-state index in [1.165, 1.54) is 6.07 Å². The fourth-order valence-corrected chi connectivity index (χ4v) is 1.18. The molecule has 0 saturated heterocycles. The Morgan fingerprint density at radius 2 is 1.83 bits per heavy atom. The van der Waals surface area contributed by atoms with Gasteiger partial charge in [0.05, 0.1) is 0 Å². The summed E-state index contributed by atoms with van der Waals surface area (Å²) < 4.78 is 62.4. The van der Waals surface area contributed by atoms with Crippen molar-refractivity contribution >= 4 is 11.6 Å². The molecule has 2 nitrogen and oxygen atoms in total. The molecule has 1 N–H and O–H groups in total. The molecule has 0 unspecified atom stereocenters. The molecule has 99 valence electrons. The van der Waals surface area contributed by atoms with Gasteiger partial charge < -0.3 is 5.32 Å². The van der Waals surface area contributed by atoms with E-state index in [2.05, 4.69) is 12.2 Å². The van der Waals surface area contributed by atoms with Gasteiger partial charge in [-0.3, -0.25) is 4.79 Å². The van der Waals surface area contributed by atoms with Crippen LogP contribution in [0.15, 0.2) is 24.3 Å². The highest BCUT2D eigenvalue weighted by Crippen LogP contribution is 2.44. The van der Waals surface area contributed by atoms with Crippen LogP contribution in [0.1, 0.15) is 12.0 Å². The van der Waals surface area contributed by atoms with Crippen LogP contribution in [0.3, 0.4) is 0 Å². The van der Waals surface area contributed by atoms with Crippen LogP contribution in [0.2, 0.25) is 0 Å². The average molecular weight is 266 g/mol. The lowest BCUT2D eigenvalue weighted by atomic mass is 10.1. The molecule has 0 heterocycles. The second-order valence-corrected chi connectivity index (χ2v) is 3.45. The summed E-state index contributed by atoms with van der Waals surface area (Å²) in [4.78, 5) is 11.0. The molecule has 1 aromatic carbocycles. The van der Waals surface area contributed by atoms with Crippen LogP contribution in [-0.2, 0) is 10.7 Å². The smallest absolute Gasteiger partial charge is 0.326 e. The van der Waals surface area contributed by atoms with Gasteiger partial charge in [-0.15, -0.1) is 0 Å². The lowest BCUT2D eigenvalue weighted by Crippen LogP contribution is -2.33. The summed E-state index contributed by atoms with van der Waals surface area (Å²) in [5.41, 5.74) is -1.36. The van der Waals surface area contributed by atoms with E-state index < -0.39 is 23.6 Å². The average Bonchev–Trinajstić information content (AvgIpc) is 2.27. The van der Waals surface area contributed by atoms with E-state index in [0.29, 0.717) is 12.1 Å². The van der Waals surface area contributed by atoms with Gasteiger partial charge in [0.15, 0.2) is 0 Å². The summed E-state index contributed by atoms with van der Waals surface area (Å²) in [6.07, 6.45) is -5.83. The lowest BCUT2D eigenvalue weighted by Gasteiger charge is -2.20. The van der Waals surface area contributed by atoms with Gasteiger partial charge in [-0.2, -0.15) is 22.0 Å². The Balaban J connectivity index is 3.06. The normalized spacial score (nSPS) is 12.3. The van der Waals surface area contributed by atoms with Gasteiger partial charge in [0.2, 0.25) is 5.91 Å². The Kier molecular flexibility index (Phi) is 3.93. The zero-order chi connectivity index (χ0) is 14.0. The molecule has 0 bridgehead atoms. The van der Waals surface area contributed by atoms with Crippen LogP contribution in [-0.4, -0.2) is 12.1 Å². The zero-order valence-corrected chi connectivity index (χ0v) is 9.02. The Labute approximate surface area is 99.8 Å². The van der Waals surface area contributed by atoms with E-state index in [1.807, 2.05) is 0 Å². The third kappa shape index (κ3) is 2.96. The topological polar surface area (TPSA) is 29.1 Å². The van der Waals surface area contributed by atoms with Crippen LogP contribution < -0.4 is 5.32 Å². The van der Waals surface area contributed by atoms with Crippen molar-refractivity contribution in [2.24, 2.45) is 0 Å².